The zero-order chi connectivity index (χ0) is 14.1. The molecule has 0 amide bonds. The topological polar surface area (TPSA) is 48.4 Å². The van der Waals surface area contributed by atoms with Gasteiger partial charge in [-0.3, -0.25) is 0 Å². The maximum atomic E-state index is 12.4. The van der Waals surface area contributed by atoms with Crippen molar-refractivity contribution in [2.24, 2.45) is 11.7 Å². The molecule has 1 aliphatic rings. The summed E-state index contributed by atoms with van der Waals surface area (Å²) in [5.41, 5.74) is 7.79. The predicted octanol–water partition coefficient (Wildman–Crippen LogP) is 3.83. The number of ether oxygens (including phenoxy) is 1. The average Bonchev–Trinajstić information content (AvgIpc) is 3.13. The summed E-state index contributed by atoms with van der Waals surface area (Å²) in [7, 11) is 0. The molecule has 3 rings (SSSR count). The number of halogens is 2. The third-order valence-electron chi connectivity index (χ3n) is 4.03. The van der Waals surface area contributed by atoms with Gasteiger partial charge in [0, 0.05) is 17.4 Å². The fraction of sp³-hybridized carbons (Fsp3) is 0.500. The molecule has 2 atom stereocenters. The summed E-state index contributed by atoms with van der Waals surface area (Å²) in [6.45, 7) is 2.37. The van der Waals surface area contributed by atoms with Gasteiger partial charge in [0.15, 0.2) is 0 Å². The minimum atomic E-state index is -0.478. The molecule has 0 radical (unpaired) electrons. The maximum absolute atomic E-state index is 12.4. The van der Waals surface area contributed by atoms with Crippen molar-refractivity contribution in [3.05, 3.63) is 29.5 Å². The van der Waals surface area contributed by atoms with E-state index in [1.54, 1.807) is 0 Å². The van der Waals surface area contributed by atoms with Crippen LogP contribution in [0.3, 0.4) is 0 Å². The van der Waals surface area contributed by atoms with Gasteiger partial charge in [-0.2, -0.15) is 0 Å². The van der Waals surface area contributed by atoms with Crippen molar-refractivity contribution in [2.75, 3.05) is 19.8 Å². The molecule has 5 heteroatoms. The van der Waals surface area contributed by atoms with E-state index in [0.29, 0.717) is 18.4 Å². The van der Waals surface area contributed by atoms with Gasteiger partial charge in [-0.15, -0.1) is 12.4 Å². The summed E-state index contributed by atoms with van der Waals surface area (Å²) < 4.78 is 23.8. The SMILES string of the molecule is CCc1cc2c([C@H]3C[C@@H]3CN)c(OCCF)ccc2o1.Cl. The van der Waals surface area contributed by atoms with Crippen molar-refractivity contribution in [2.45, 2.75) is 25.7 Å². The summed E-state index contributed by atoms with van der Waals surface area (Å²) in [5.74, 6) is 2.67. The largest absolute Gasteiger partial charge is 0.491 e. The molecule has 0 aliphatic heterocycles. The highest BCUT2D eigenvalue weighted by molar-refractivity contribution is 5.86. The lowest BCUT2D eigenvalue weighted by Gasteiger charge is -2.11. The van der Waals surface area contributed by atoms with Crippen LogP contribution in [0.25, 0.3) is 11.0 Å². The Morgan fingerprint density at radius 1 is 1.43 bits per heavy atom. The van der Waals surface area contributed by atoms with Gasteiger partial charge in [0.25, 0.3) is 0 Å². The maximum Gasteiger partial charge on any atom is 0.134 e. The number of rotatable bonds is 6. The first-order chi connectivity index (χ1) is 9.78. The molecule has 1 fully saturated rings. The van der Waals surface area contributed by atoms with Gasteiger partial charge < -0.3 is 14.9 Å². The second-order valence-electron chi connectivity index (χ2n) is 5.33. The zero-order valence-corrected chi connectivity index (χ0v) is 12.9. The van der Waals surface area contributed by atoms with Gasteiger partial charge in [-0.25, -0.2) is 4.39 Å². The molecule has 2 aromatic rings. The van der Waals surface area contributed by atoms with Crippen molar-refractivity contribution >= 4 is 23.4 Å². The first-order valence-electron chi connectivity index (χ1n) is 7.22. The van der Waals surface area contributed by atoms with Gasteiger partial charge in [0.1, 0.15) is 30.4 Å². The Bertz CT molecular complexity index is 614. The normalized spacial score (nSPS) is 20.3. The summed E-state index contributed by atoms with van der Waals surface area (Å²) in [4.78, 5) is 0. The van der Waals surface area contributed by atoms with E-state index in [9.17, 15) is 4.39 Å². The summed E-state index contributed by atoms with van der Waals surface area (Å²) in [6.07, 6.45) is 1.94. The minimum absolute atomic E-state index is 0. The first-order valence-corrected chi connectivity index (χ1v) is 7.22. The molecule has 21 heavy (non-hydrogen) atoms. The highest BCUT2D eigenvalue weighted by atomic mass is 35.5. The van der Waals surface area contributed by atoms with Gasteiger partial charge in [0.05, 0.1) is 0 Å². The molecule has 116 valence electrons. The van der Waals surface area contributed by atoms with E-state index < -0.39 is 6.67 Å². The van der Waals surface area contributed by atoms with Gasteiger partial charge >= 0.3 is 0 Å². The molecule has 1 aromatic heterocycles. The first kappa shape index (κ1) is 16.1. The number of fused-ring (bicyclic) bond motifs is 1. The Hall–Kier alpha value is -1.26. The van der Waals surface area contributed by atoms with E-state index in [4.69, 9.17) is 14.9 Å². The molecular formula is C16H21ClFNO2. The molecule has 1 aromatic carbocycles. The average molecular weight is 314 g/mol. The second kappa shape index (κ2) is 6.67. The van der Waals surface area contributed by atoms with Gasteiger partial charge in [-0.1, -0.05) is 6.92 Å². The molecule has 1 heterocycles. The molecule has 0 bridgehead atoms. The van der Waals surface area contributed by atoms with Crippen LogP contribution in [-0.4, -0.2) is 19.8 Å². The lowest BCUT2D eigenvalue weighted by molar-refractivity contribution is 0.271. The van der Waals surface area contributed by atoms with Crippen LogP contribution in [0.5, 0.6) is 5.75 Å². The molecule has 0 saturated heterocycles. The highest BCUT2D eigenvalue weighted by Crippen LogP contribution is 2.52. The van der Waals surface area contributed by atoms with Crippen LogP contribution in [0.15, 0.2) is 22.6 Å². The summed E-state index contributed by atoms with van der Waals surface area (Å²) >= 11 is 0. The molecule has 0 unspecified atom stereocenters. The molecular weight excluding hydrogens is 293 g/mol. The van der Waals surface area contributed by atoms with Crippen LogP contribution in [0.1, 0.15) is 30.6 Å². The third kappa shape index (κ3) is 3.01. The number of hydrogen-bond acceptors (Lipinski definition) is 3. The number of furan rings is 1. The Morgan fingerprint density at radius 2 is 2.24 bits per heavy atom. The van der Waals surface area contributed by atoms with Crippen molar-refractivity contribution in [1.29, 1.82) is 0 Å². The number of alkyl halides is 1. The highest BCUT2D eigenvalue weighted by Gasteiger charge is 2.40. The van der Waals surface area contributed by atoms with Gasteiger partial charge in [-0.05, 0) is 43.0 Å². The Kier molecular flexibility index (Phi) is 5.12. The van der Waals surface area contributed by atoms with Gasteiger partial charge in [0.2, 0.25) is 0 Å². The van der Waals surface area contributed by atoms with Crippen LogP contribution in [0.2, 0.25) is 0 Å². The molecule has 1 aliphatic carbocycles. The van der Waals surface area contributed by atoms with Crippen LogP contribution >= 0.6 is 12.4 Å². The number of aryl methyl sites for hydroxylation is 1. The third-order valence-corrected chi connectivity index (χ3v) is 4.03. The van der Waals surface area contributed by atoms with E-state index in [2.05, 4.69) is 13.0 Å². The van der Waals surface area contributed by atoms with Crippen molar-refractivity contribution in [1.82, 2.24) is 0 Å². The van der Waals surface area contributed by atoms with E-state index in [0.717, 1.165) is 40.9 Å². The summed E-state index contributed by atoms with van der Waals surface area (Å²) in [5, 5.41) is 1.10. The quantitative estimate of drug-likeness (QED) is 0.881. The molecule has 2 N–H and O–H groups in total. The number of benzene rings is 1. The smallest absolute Gasteiger partial charge is 0.134 e. The second-order valence-corrected chi connectivity index (χ2v) is 5.33. The Balaban J connectivity index is 0.00000161. The fourth-order valence-electron chi connectivity index (χ4n) is 2.86. The van der Waals surface area contributed by atoms with Crippen LogP contribution < -0.4 is 10.5 Å². The zero-order valence-electron chi connectivity index (χ0n) is 12.1. The molecule has 1 saturated carbocycles. The number of hydrogen-bond donors (Lipinski definition) is 1. The van der Waals surface area contributed by atoms with Crippen molar-refractivity contribution in [3.8, 4) is 5.75 Å². The minimum Gasteiger partial charge on any atom is -0.491 e. The van der Waals surface area contributed by atoms with Crippen molar-refractivity contribution in [3.63, 3.8) is 0 Å². The fourth-order valence-corrected chi connectivity index (χ4v) is 2.86. The van der Waals surface area contributed by atoms with Crippen LogP contribution in [0, 0.1) is 5.92 Å². The monoisotopic (exact) mass is 313 g/mol. The van der Waals surface area contributed by atoms with Crippen molar-refractivity contribution < 1.29 is 13.5 Å². The van der Waals surface area contributed by atoms with E-state index in [-0.39, 0.29) is 19.0 Å². The van der Waals surface area contributed by atoms with Crippen LogP contribution in [0.4, 0.5) is 4.39 Å². The van der Waals surface area contributed by atoms with E-state index in [1.807, 2.05) is 12.1 Å². The standard InChI is InChI=1S/C16H20FNO2.ClH/c1-2-11-8-13-14(20-11)3-4-15(19-6-5-17)16(13)12-7-10(12)9-18;/h3-4,8,10,12H,2,5-7,9,18H2,1H3;1H/t10-,12+;/m1./s1. The lowest BCUT2D eigenvalue weighted by atomic mass is 10.0. The molecule has 0 spiro atoms. The predicted molar refractivity (Wildman–Crippen MR) is 84.2 cm³/mol. The van der Waals surface area contributed by atoms with Crippen LogP contribution in [-0.2, 0) is 6.42 Å². The summed E-state index contributed by atoms with van der Waals surface area (Å²) in [6, 6.07) is 5.88. The Morgan fingerprint density at radius 3 is 2.86 bits per heavy atom. The lowest BCUT2D eigenvalue weighted by Crippen LogP contribution is -2.04. The Labute approximate surface area is 130 Å². The van der Waals surface area contributed by atoms with E-state index in [1.165, 1.54) is 0 Å². The number of nitrogens with two attached hydrogens (primary N) is 1. The molecule has 3 nitrogen and oxygen atoms in total. The van der Waals surface area contributed by atoms with E-state index >= 15 is 0 Å².